The molecule has 302 valence electrons. The zero-order chi connectivity index (χ0) is 40.1. The van der Waals surface area contributed by atoms with E-state index in [9.17, 15) is 45.3 Å². The van der Waals surface area contributed by atoms with Gasteiger partial charge in [0.2, 0.25) is 5.91 Å². The highest BCUT2D eigenvalue weighted by Crippen LogP contribution is 2.38. The number of carbonyl (C=O) groups is 2. The van der Waals surface area contributed by atoms with Crippen molar-refractivity contribution in [1.82, 2.24) is 10.7 Å². The van der Waals surface area contributed by atoms with Crippen molar-refractivity contribution in [3.05, 3.63) is 29.8 Å². The van der Waals surface area contributed by atoms with Gasteiger partial charge in [-0.05, 0) is 38.2 Å². The maximum absolute atomic E-state index is 12.9. The highest BCUT2D eigenvalue weighted by Gasteiger charge is 2.60. The van der Waals surface area contributed by atoms with Crippen LogP contribution in [0, 0.1) is 0 Å². The van der Waals surface area contributed by atoms with Crippen LogP contribution >= 0.6 is 22.6 Å². The Balaban J connectivity index is 1.68. The Kier molecular flexibility index (Phi) is 14.9. The van der Waals surface area contributed by atoms with Crippen LogP contribution in [0.1, 0.15) is 17.3 Å². The Bertz CT molecular complexity index is 1540. The van der Waals surface area contributed by atoms with E-state index in [1.54, 1.807) is 0 Å². The molecular weight excluding hydrogens is 835 g/mol. The lowest BCUT2D eigenvalue weighted by Crippen LogP contribution is -2.66. The smallest absolute Gasteiger partial charge is 0.271 e. The first-order valence-electron chi connectivity index (χ1n) is 16.5. The molecule has 0 aromatic heterocycles. The summed E-state index contributed by atoms with van der Waals surface area (Å²) in [6, 6.07) is 1.63. The third-order valence-corrected chi connectivity index (χ3v) is 9.83. The van der Waals surface area contributed by atoms with Gasteiger partial charge in [0.25, 0.3) is 5.91 Å². The number of carbonyl (C=O) groups excluding carboxylic acids is 2. The van der Waals surface area contributed by atoms with Gasteiger partial charge in [-0.1, -0.05) is 22.6 Å². The number of nitrogens with two attached hydrogens (primary N) is 4. The first-order chi connectivity index (χ1) is 25.5. The molecule has 1 aromatic carbocycles. The van der Waals surface area contributed by atoms with E-state index in [0.29, 0.717) is 5.69 Å². The number of ether oxygens (including phenoxy) is 4. The van der Waals surface area contributed by atoms with Gasteiger partial charge in [0.1, 0.15) is 60.9 Å². The number of benzene rings is 1. The lowest BCUT2D eigenvalue weighted by atomic mass is 9.81. The first kappa shape index (κ1) is 43.3. The Morgan fingerprint density at radius 3 is 2.11 bits per heavy atom. The molecule has 24 heteroatoms. The number of aliphatic imine (C=N–C) groups is 2. The highest BCUT2D eigenvalue weighted by atomic mass is 127. The number of nitrogens with zero attached hydrogens (tertiary/aromatic N) is 3. The lowest BCUT2D eigenvalue weighted by molar-refractivity contribution is -0.313. The number of likely N-dealkylation sites (N-methyl/N-ethyl adjacent to an activating group) is 1. The van der Waals surface area contributed by atoms with Crippen LogP contribution in [0.3, 0.4) is 0 Å². The van der Waals surface area contributed by atoms with Gasteiger partial charge in [0, 0.05) is 11.3 Å². The van der Waals surface area contributed by atoms with Crippen LogP contribution in [0.15, 0.2) is 39.4 Å². The van der Waals surface area contributed by atoms with Gasteiger partial charge >= 0.3 is 0 Å². The summed E-state index contributed by atoms with van der Waals surface area (Å²) in [5, 5.41) is 85.8. The fraction of sp³-hybridized carbons (Fsp3) is 0.633. The van der Waals surface area contributed by atoms with E-state index in [1.807, 2.05) is 22.6 Å². The van der Waals surface area contributed by atoms with Crippen molar-refractivity contribution in [2.24, 2.45) is 38.0 Å². The molecule has 3 aliphatic rings. The van der Waals surface area contributed by atoms with Crippen LogP contribution < -0.4 is 39.0 Å². The monoisotopic (exact) mass is 882 g/mol. The van der Waals surface area contributed by atoms with Crippen LogP contribution in [0.2, 0.25) is 0 Å². The second kappa shape index (κ2) is 18.5. The third kappa shape index (κ3) is 9.52. The fourth-order valence-electron chi connectivity index (χ4n) is 6.25. The predicted molar refractivity (Wildman–Crippen MR) is 197 cm³/mol. The number of guanidine groups is 2. The third-order valence-electron chi connectivity index (χ3n) is 9.14. The van der Waals surface area contributed by atoms with Gasteiger partial charge in [0.15, 0.2) is 30.1 Å². The lowest BCUT2D eigenvalue weighted by Gasteiger charge is -2.45. The number of hydrazone groups is 1. The van der Waals surface area contributed by atoms with Gasteiger partial charge in [-0.25, -0.2) is 15.4 Å². The van der Waals surface area contributed by atoms with E-state index < -0.39 is 116 Å². The van der Waals surface area contributed by atoms with E-state index in [-0.39, 0.29) is 15.9 Å². The highest BCUT2D eigenvalue weighted by molar-refractivity contribution is 14.1. The molecule has 2 heterocycles. The Morgan fingerprint density at radius 1 is 0.907 bits per heavy atom. The SMILES string of the molecule is CNC1C(OC2C(OC3C(O)C(O)C(N=C(N)N)C(O)C3N=C(N)N)OC(C)C2(O)C=NNC(=O)c2ccc(NC(=O)CI)cc2)OC(CO)C(O)C1O. The number of amides is 2. The number of nitrogens with one attached hydrogen (secondary N) is 3. The second-order valence-electron chi connectivity index (χ2n) is 12.7. The summed E-state index contributed by atoms with van der Waals surface area (Å²) < 4.78 is 24.2. The minimum atomic E-state index is -2.33. The maximum Gasteiger partial charge on any atom is 0.271 e. The average Bonchev–Trinajstić information content (AvgIpc) is 3.35. The minimum absolute atomic E-state index is 0.139. The molecule has 54 heavy (non-hydrogen) atoms. The minimum Gasteiger partial charge on any atom is -0.394 e. The van der Waals surface area contributed by atoms with Crippen LogP contribution in [-0.2, 0) is 23.7 Å². The van der Waals surface area contributed by atoms with Crippen LogP contribution in [0.25, 0.3) is 0 Å². The predicted octanol–water partition coefficient (Wildman–Crippen LogP) is -6.57. The topological polar surface area (TPSA) is 390 Å². The Morgan fingerprint density at radius 2 is 1.54 bits per heavy atom. The molecule has 15 unspecified atom stereocenters. The maximum atomic E-state index is 12.9. The van der Waals surface area contributed by atoms with Gasteiger partial charge in [0.05, 0.1) is 29.4 Å². The Hall–Kier alpha value is -3.38. The number of anilines is 1. The van der Waals surface area contributed by atoms with Gasteiger partial charge in [-0.15, -0.1) is 0 Å². The first-order valence-corrected chi connectivity index (χ1v) is 18.0. The summed E-state index contributed by atoms with van der Waals surface area (Å²) >= 11 is 1.90. The van der Waals surface area contributed by atoms with Crippen LogP contribution in [-0.4, -0.2) is 175 Å². The average molecular weight is 883 g/mol. The van der Waals surface area contributed by atoms with Crippen molar-refractivity contribution in [2.75, 3.05) is 23.4 Å². The van der Waals surface area contributed by atoms with Gasteiger partial charge < -0.3 is 88.3 Å². The van der Waals surface area contributed by atoms with Crippen molar-refractivity contribution in [2.45, 2.75) is 98.2 Å². The van der Waals surface area contributed by atoms with Crippen LogP contribution in [0.4, 0.5) is 5.69 Å². The molecule has 2 amide bonds. The molecule has 2 saturated heterocycles. The number of rotatable bonds is 13. The van der Waals surface area contributed by atoms with Crippen molar-refractivity contribution < 1.29 is 64.3 Å². The van der Waals surface area contributed by atoms with Crippen molar-refractivity contribution in [3.63, 3.8) is 0 Å². The largest absolute Gasteiger partial charge is 0.394 e. The number of hydrogen-bond donors (Lipinski definition) is 14. The molecule has 2 aliphatic heterocycles. The molecule has 0 bridgehead atoms. The summed E-state index contributed by atoms with van der Waals surface area (Å²) in [6.07, 6.45) is -17.1. The molecule has 0 spiro atoms. The number of halogens is 1. The number of alkyl halides is 1. The number of aliphatic hydroxyl groups is 7. The zero-order valence-corrected chi connectivity index (χ0v) is 31.2. The van der Waals surface area contributed by atoms with Crippen molar-refractivity contribution in [3.8, 4) is 0 Å². The standard InChI is InChI=1S/C30H47IN10O13/c1-10-30(50,9-37-41-25(49)11-3-5-12(6-4-11)38-14(43)7-31)24(54-26-17(36-2)21(47)18(44)13(8-42)52-26)27(51-10)53-23-16(40-29(34)35)19(45)15(39-28(32)33)20(46)22(23)48/h3-6,9-10,13,15-24,26-27,36,42,44-48,50H,7-8H2,1-2H3,(H,38,43)(H,41,49)(H4,32,33,39)(H4,34,35,40). The van der Waals surface area contributed by atoms with Crippen molar-refractivity contribution >= 4 is 58.2 Å². The second-order valence-corrected chi connectivity index (χ2v) is 13.5. The van der Waals surface area contributed by atoms with E-state index >= 15 is 0 Å². The number of hydrogen-bond acceptors (Lipinski definition) is 17. The summed E-state index contributed by atoms with van der Waals surface area (Å²) in [5.74, 6) is -2.02. The molecule has 18 N–H and O–H groups in total. The summed E-state index contributed by atoms with van der Waals surface area (Å²) in [5.41, 5.74) is 22.7. The number of aliphatic hydroxyl groups excluding tert-OH is 6. The Labute approximate surface area is 321 Å². The van der Waals surface area contributed by atoms with Crippen LogP contribution in [0.5, 0.6) is 0 Å². The molecule has 1 saturated carbocycles. The van der Waals surface area contributed by atoms with Gasteiger partial charge in [-0.2, -0.15) is 5.10 Å². The van der Waals surface area contributed by atoms with E-state index in [1.165, 1.54) is 38.2 Å². The van der Waals surface area contributed by atoms with E-state index in [2.05, 4.69) is 31.1 Å². The quantitative estimate of drug-likeness (QED) is 0.0288. The van der Waals surface area contributed by atoms with Gasteiger partial charge in [-0.3, -0.25) is 9.59 Å². The molecule has 15 atom stereocenters. The van der Waals surface area contributed by atoms with Crippen molar-refractivity contribution in [1.29, 1.82) is 0 Å². The van der Waals surface area contributed by atoms with E-state index in [0.717, 1.165) is 6.21 Å². The molecular formula is C30H47IN10O13. The summed E-state index contributed by atoms with van der Waals surface area (Å²) in [6.45, 7) is 0.641. The molecule has 4 rings (SSSR count). The van der Waals surface area contributed by atoms with E-state index in [4.69, 9.17) is 41.9 Å². The molecule has 1 aromatic rings. The fourth-order valence-corrected chi connectivity index (χ4v) is 6.44. The molecule has 23 nitrogen and oxygen atoms in total. The molecule has 1 aliphatic carbocycles. The summed E-state index contributed by atoms with van der Waals surface area (Å²) in [7, 11) is 1.42. The molecule has 0 radical (unpaired) electrons. The zero-order valence-electron chi connectivity index (χ0n) is 29.0. The molecule has 3 fully saturated rings. The summed E-state index contributed by atoms with van der Waals surface area (Å²) in [4.78, 5) is 32.4. The normalized spacial score (nSPS) is 38.1.